The summed E-state index contributed by atoms with van der Waals surface area (Å²) in [6.07, 6.45) is -3.17. The third kappa shape index (κ3) is 6.69. The minimum Gasteiger partial charge on any atom is -0.495 e. The molecule has 0 unspecified atom stereocenters. The van der Waals surface area contributed by atoms with Gasteiger partial charge in [0.05, 0.1) is 12.8 Å². The molecule has 1 aliphatic heterocycles. The van der Waals surface area contributed by atoms with Gasteiger partial charge in [-0.1, -0.05) is 6.07 Å². The molecule has 10 heteroatoms. The van der Waals surface area contributed by atoms with E-state index in [0.29, 0.717) is 11.3 Å². The highest BCUT2D eigenvalue weighted by molar-refractivity contribution is 5.73. The van der Waals surface area contributed by atoms with Crippen molar-refractivity contribution in [3.63, 3.8) is 0 Å². The first kappa shape index (κ1) is 22.1. The van der Waals surface area contributed by atoms with E-state index in [-0.39, 0.29) is 12.3 Å². The quantitative estimate of drug-likeness (QED) is 0.816. The van der Waals surface area contributed by atoms with E-state index in [1.54, 1.807) is 13.2 Å². The van der Waals surface area contributed by atoms with Crippen LogP contribution in [0.3, 0.4) is 0 Å². The van der Waals surface area contributed by atoms with Crippen LogP contribution in [-0.4, -0.2) is 48.5 Å². The number of carbonyl (C=O) groups is 2. The van der Waals surface area contributed by atoms with Crippen LogP contribution in [0.25, 0.3) is 0 Å². The van der Waals surface area contributed by atoms with Gasteiger partial charge in [-0.2, -0.15) is 18.4 Å². The molecule has 0 saturated carbocycles. The van der Waals surface area contributed by atoms with Crippen molar-refractivity contribution < 1.29 is 37.7 Å². The van der Waals surface area contributed by atoms with Crippen LogP contribution >= 0.6 is 0 Å². The molecule has 0 aliphatic carbocycles. The van der Waals surface area contributed by atoms with Gasteiger partial charge in [0, 0.05) is 19.5 Å². The van der Waals surface area contributed by atoms with Gasteiger partial charge in [0.2, 0.25) is 0 Å². The lowest BCUT2D eigenvalue weighted by molar-refractivity contribution is -0.192. The number of piperidine rings is 1. The Morgan fingerprint density at radius 2 is 1.85 bits per heavy atom. The smallest absolute Gasteiger partial charge is 0.490 e. The molecule has 27 heavy (non-hydrogen) atoms. The fourth-order valence-electron chi connectivity index (χ4n) is 2.69. The number of aliphatic carboxylic acids is 2. The van der Waals surface area contributed by atoms with E-state index in [0.717, 1.165) is 31.6 Å². The van der Waals surface area contributed by atoms with Crippen LogP contribution in [-0.2, 0) is 9.59 Å². The zero-order valence-corrected chi connectivity index (χ0v) is 14.5. The van der Waals surface area contributed by atoms with Gasteiger partial charge in [0.25, 0.3) is 0 Å². The lowest BCUT2D eigenvalue weighted by Gasteiger charge is -2.33. The van der Waals surface area contributed by atoms with Gasteiger partial charge in [-0.15, -0.1) is 0 Å². The number of halogens is 3. The number of carboxylic acid groups (broad SMARTS) is 2. The van der Waals surface area contributed by atoms with E-state index in [1.807, 2.05) is 12.1 Å². The maximum atomic E-state index is 10.7. The Kier molecular flexibility index (Phi) is 7.90. The number of benzene rings is 1. The Morgan fingerprint density at radius 1 is 1.30 bits per heavy atom. The predicted molar refractivity (Wildman–Crippen MR) is 88.6 cm³/mol. The molecule has 0 amide bonds. The van der Waals surface area contributed by atoms with Crippen molar-refractivity contribution in [3.8, 4) is 11.8 Å². The fourth-order valence-corrected chi connectivity index (χ4v) is 2.69. The third-order valence-electron chi connectivity index (χ3n) is 4.00. The van der Waals surface area contributed by atoms with Crippen LogP contribution in [0, 0.1) is 17.2 Å². The summed E-state index contributed by atoms with van der Waals surface area (Å²) in [5.41, 5.74) is 1.42. The van der Waals surface area contributed by atoms with Crippen molar-refractivity contribution in [1.82, 2.24) is 0 Å². The first-order valence-electron chi connectivity index (χ1n) is 7.94. The highest BCUT2D eigenvalue weighted by atomic mass is 19.4. The van der Waals surface area contributed by atoms with E-state index in [9.17, 15) is 23.2 Å². The SMILES string of the molecule is COc1cccc(N2CCC(CC(=O)O)CC2)c1C#N.O=C(O)C(F)(F)F. The molecule has 1 saturated heterocycles. The standard InChI is InChI=1S/C15H18N2O3.C2HF3O2/c1-20-14-4-2-3-13(12(14)10-16)17-7-5-11(6-8-17)9-15(18)19;3-2(4,5)1(6)7/h2-4,11H,5-9H2,1H3,(H,18,19);(H,6,7). The number of rotatable bonds is 4. The second-order valence-corrected chi connectivity index (χ2v) is 5.80. The molecular weight excluding hydrogens is 369 g/mol. The summed E-state index contributed by atoms with van der Waals surface area (Å²) < 4.78 is 37.0. The summed E-state index contributed by atoms with van der Waals surface area (Å²) in [6, 6.07) is 7.76. The van der Waals surface area contributed by atoms with Gasteiger partial charge in [-0.3, -0.25) is 4.79 Å². The van der Waals surface area contributed by atoms with Crippen LogP contribution in [0.1, 0.15) is 24.8 Å². The minimum absolute atomic E-state index is 0.233. The maximum absolute atomic E-state index is 10.7. The van der Waals surface area contributed by atoms with Gasteiger partial charge in [-0.05, 0) is 30.9 Å². The van der Waals surface area contributed by atoms with E-state index >= 15 is 0 Å². The summed E-state index contributed by atoms with van der Waals surface area (Å²) in [6.45, 7) is 1.56. The number of anilines is 1. The molecule has 0 bridgehead atoms. The second-order valence-electron chi connectivity index (χ2n) is 5.80. The minimum atomic E-state index is -5.08. The van der Waals surface area contributed by atoms with Gasteiger partial charge in [-0.25, -0.2) is 4.79 Å². The highest BCUT2D eigenvalue weighted by Crippen LogP contribution is 2.32. The molecule has 2 N–H and O–H groups in total. The van der Waals surface area contributed by atoms with Gasteiger partial charge in [0.15, 0.2) is 0 Å². The van der Waals surface area contributed by atoms with Gasteiger partial charge in [0.1, 0.15) is 17.4 Å². The molecule has 2 rings (SSSR count). The number of carboxylic acids is 2. The number of alkyl halides is 3. The highest BCUT2D eigenvalue weighted by Gasteiger charge is 2.38. The Balaban J connectivity index is 0.000000445. The summed E-state index contributed by atoms with van der Waals surface area (Å²) in [4.78, 5) is 21.8. The maximum Gasteiger partial charge on any atom is 0.490 e. The molecule has 0 aromatic heterocycles. The Hall–Kier alpha value is -2.96. The summed E-state index contributed by atoms with van der Waals surface area (Å²) in [5, 5.41) is 25.2. The molecule has 0 radical (unpaired) electrons. The first-order valence-corrected chi connectivity index (χ1v) is 7.94. The van der Waals surface area contributed by atoms with Crippen molar-refractivity contribution >= 4 is 17.6 Å². The average Bonchev–Trinajstić information content (AvgIpc) is 2.60. The Morgan fingerprint density at radius 3 is 2.26 bits per heavy atom. The number of nitriles is 1. The molecule has 0 atom stereocenters. The molecule has 148 valence electrons. The van der Waals surface area contributed by atoms with Crippen LogP contribution in [0.4, 0.5) is 18.9 Å². The van der Waals surface area contributed by atoms with E-state index in [1.165, 1.54) is 0 Å². The normalized spacial score (nSPS) is 14.6. The van der Waals surface area contributed by atoms with Crippen molar-refractivity contribution in [3.05, 3.63) is 23.8 Å². The van der Waals surface area contributed by atoms with Crippen molar-refractivity contribution in [2.45, 2.75) is 25.4 Å². The molecule has 1 aliphatic rings. The largest absolute Gasteiger partial charge is 0.495 e. The fraction of sp³-hybridized carbons (Fsp3) is 0.471. The molecule has 1 heterocycles. The summed E-state index contributed by atoms with van der Waals surface area (Å²) >= 11 is 0. The number of hydrogen-bond donors (Lipinski definition) is 2. The molecule has 0 spiro atoms. The Labute approximate surface area is 153 Å². The van der Waals surface area contributed by atoms with Crippen LogP contribution < -0.4 is 9.64 Å². The third-order valence-corrected chi connectivity index (χ3v) is 4.00. The van der Waals surface area contributed by atoms with Gasteiger partial charge >= 0.3 is 18.1 Å². The number of nitrogens with zero attached hydrogens (tertiary/aromatic N) is 2. The molecule has 1 aromatic rings. The molecular formula is C17H19F3N2O5. The molecule has 7 nitrogen and oxygen atoms in total. The topological polar surface area (TPSA) is 111 Å². The monoisotopic (exact) mass is 388 g/mol. The zero-order chi connectivity index (χ0) is 20.6. The molecule has 1 aromatic carbocycles. The van der Waals surface area contributed by atoms with Crippen LogP contribution in [0.15, 0.2) is 18.2 Å². The van der Waals surface area contributed by atoms with Crippen LogP contribution in [0.5, 0.6) is 5.75 Å². The predicted octanol–water partition coefficient (Wildman–Crippen LogP) is 2.89. The van der Waals surface area contributed by atoms with Crippen molar-refractivity contribution in [2.24, 2.45) is 5.92 Å². The number of ether oxygens (including phenoxy) is 1. The number of hydrogen-bond acceptors (Lipinski definition) is 5. The average molecular weight is 388 g/mol. The van der Waals surface area contributed by atoms with Gasteiger partial charge < -0.3 is 19.8 Å². The van der Waals surface area contributed by atoms with E-state index < -0.39 is 18.1 Å². The summed E-state index contributed by atoms with van der Waals surface area (Å²) in [7, 11) is 1.55. The zero-order valence-electron chi connectivity index (χ0n) is 14.5. The molecule has 1 fully saturated rings. The van der Waals surface area contributed by atoms with Crippen molar-refractivity contribution in [2.75, 3.05) is 25.1 Å². The lowest BCUT2D eigenvalue weighted by Crippen LogP contribution is -2.34. The second kappa shape index (κ2) is 9.66. The van der Waals surface area contributed by atoms with E-state index in [4.69, 9.17) is 19.7 Å². The number of methoxy groups -OCH3 is 1. The Bertz CT molecular complexity index is 708. The van der Waals surface area contributed by atoms with Crippen molar-refractivity contribution in [1.29, 1.82) is 5.26 Å². The summed E-state index contributed by atoms with van der Waals surface area (Å²) in [5.74, 6) is -2.67. The van der Waals surface area contributed by atoms with Crippen LogP contribution in [0.2, 0.25) is 0 Å². The van der Waals surface area contributed by atoms with E-state index in [2.05, 4.69) is 11.0 Å². The lowest BCUT2D eigenvalue weighted by atomic mass is 9.93. The first-order chi connectivity index (χ1) is 12.6.